The zero-order valence-electron chi connectivity index (χ0n) is 11.5. The number of ether oxygens (including phenoxy) is 1. The summed E-state index contributed by atoms with van der Waals surface area (Å²) in [5, 5.41) is 8.88. The number of carboxylic acid groups (broad SMARTS) is 1. The third-order valence-electron chi connectivity index (χ3n) is 3.27. The Bertz CT molecular complexity index is 496. The maximum absolute atomic E-state index is 12.2. The Balaban J connectivity index is 2.01. The molecule has 0 saturated heterocycles. The molecule has 0 heterocycles. The molecule has 1 fully saturated rings. The molecular weight excluding hydrogens is 258 g/mol. The van der Waals surface area contributed by atoms with Gasteiger partial charge in [-0.15, -0.1) is 0 Å². The van der Waals surface area contributed by atoms with Crippen molar-refractivity contribution >= 4 is 11.9 Å². The molecule has 5 nitrogen and oxygen atoms in total. The molecule has 1 aliphatic carbocycles. The normalized spacial score (nSPS) is 14.1. The number of carboxylic acids is 1. The first-order valence-electron chi connectivity index (χ1n) is 6.68. The summed E-state index contributed by atoms with van der Waals surface area (Å²) in [7, 11) is 1.62. The Morgan fingerprint density at radius 3 is 2.65 bits per heavy atom. The van der Waals surface area contributed by atoms with Crippen LogP contribution in [0.25, 0.3) is 0 Å². The van der Waals surface area contributed by atoms with Crippen molar-refractivity contribution in [2.24, 2.45) is 0 Å². The average molecular weight is 277 g/mol. The van der Waals surface area contributed by atoms with Gasteiger partial charge in [0.15, 0.2) is 0 Å². The van der Waals surface area contributed by atoms with Gasteiger partial charge < -0.3 is 14.7 Å². The quantitative estimate of drug-likeness (QED) is 0.819. The lowest BCUT2D eigenvalue weighted by atomic mass is 10.1. The van der Waals surface area contributed by atoms with Crippen LogP contribution in [-0.2, 0) is 27.4 Å². The molecule has 1 aliphatic rings. The smallest absolute Gasteiger partial charge is 0.323 e. The minimum atomic E-state index is -0.960. The third kappa shape index (κ3) is 4.06. The number of hydrogen-bond donors (Lipinski definition) is 1. The Morgan fingerprint density at radius 2 is 2.05 bits per heavy atom. The highest BCUT2D eigenvalue weighted by Gasteiger charge is 2.33. The van der Waals surface area contributed by atoms with Crippen molar-refractivity contribution in [2.75, 3.05) is 13.7 Å². The summed E-state index contributed by atoms with van der Waals surface area (Å²) in [6.45, 7) is 0.296. The van der Waals surface area contributed by atoms with E-state index in [0.717, 1.165) is 24.0 Å². The van der Waals surface area contributed by atoms with Crippen molar-refractivity contribution in [2.45, 2.75) is 31.9 Å². The van der Waals surface area contributed by atoms with Gasteiger partial charge in [-0.3, -0.25) is 9.59 Å². The first-order chi connectivity index (χ1) is 9.60. The van der Waals surface area contributed by atoms with Gasteiger partial charge in [0.05, 0.1) is 13.0 Å². The van der Waals surface area contributed by atoms with Crippen LogP contribution in [0.1, 0.15) is 24.0 Å². The second kappa shape index (κ2) is 6.52. The molecule has 2 rings (SSSR count). The summed E-state index contributed by atoms with van der Waals surface area (Å²) in [6.07, 6.45) is 2.05. The summed E-state index contributed by atoms with van der Waals surface area (Å²) < 4.78 is 5.06. The molecule has 0 bridgehead atoms. The molecule has 1 N–H and O–H groups in total. The number of amides is 1. The first-order valence-corrected chi connectivity index (χ1v) is 6.68. The summed E-state index contributed by atoms with van der Waals surface area (Å²) in [5.74, 6) is -1.08. The fourth-order valence-electron chi connectivity index (χ4n) is 2.23. The third-order valence-corrected chi connectivity index (χ3v) is 3.27. The van der Waals surface area contributed by atoms with Gasteiger partial charge >= 0.3 is 5.97 Å². The number of rotatable bonds is 7. The topological polar surface area (TPSA) is 66.8 Å². The van der Waals surface area contributed by atoms with Crippen LogP contribution in [0.4, 0.5) is 0 Å². The lowest BCUT2D eigenvalue weighted by Crippen LogP contribution is -2.38. The van der Waals surface area contributed by atoms with E-state index in [4.69, 9.17) is 9.84 Å². The molecule has 0 aromatic heterocycles. The SMILES string of the molecule is COCc1cccc(CC(=O)N(CC(=O)O)C2CC2)c1. The predicted octanol–water partition coefficient (Wildman–Crippen LogP) is 1.45. The van der Waals surface area contributed by atoms with Gasteiger partial charge in [0, 0.05) is 13.2 Å². The summed E-state index contributed by atoms with van der Waals surface area (Å²) in [6, 6.07) is 7.74. The zero-order chi connectivity index (χ0) is 14.5. The van der Waals surface area contributed by atoms with Gasteiger partial charge in [0.1, 0.15) is 6.54 Å². The first kappa shape index (κ1) is 14.5. The minimum absolute atomic E-state index is 0.112. The molecule has 0 spiro atoms. The summed E-state index contributed by atoms with van der Waals surface area (Å²) in [4.78, 5) is 24.5. The van der Waals surface area contributed by atoms with Crippen LogP contribution in [0.3, 0.4) is 0 Å². The molecule has 0 atom stereocenters. The van der Waals surface area contributed by atoms with Crippen molar-refractivity contribution in [1.82, 2.24) is 4.90 Å². The molecule has 1 aromatic carbocycles. The second-order valence-electron chi connectivity index (χ2n) is 5.08. The Labute approximate surface area is 118 Å². The van der Waals surface area contributed by atoms with Crippen LogP contribution < -0.4 is 0 Å². The largest absolute Gasteiger partial charge is 0.480 e. The number of aliphatic carboxylic acids is 1. The standard InChI is InChI=1S/C15H19NO4/c1-20-10-12-4-2-3-11(7-12)8-14(17)16(9-15(18)19)13-5-6-13/h2-4,7,13H,5-6,8-10H2,1H3,(H,18,19). The van der Waals surface area contributed by atoms with Gasteiger partial charge in [-0.2, -0.15) is 0 Å². The van der Waals surface area contributed by atoms with E-state index in [0.29, 0.717) is 6.61 Å². The molecule has 0 radical (unpaired) electrons. The highest BCUT2D eigenvalue weighted by Crippen LogP contribution is 2.27. The Morgan fingerprint density at radius 1 is 1.35 bits per heavy atom. The lowest BCUT2D eigenvalue weighted by Gasteiger charge is -2.20. The molecule has 1 aromatic rings. The monoisotopic (exact) mass is 277 g/mol. The average Bonchev–Trinajstić information content (AvgIpc) is 3.20. The molecule has 1 saturated carbocycles. The number of hydrogen-bond acceptors (Lipinski definition) is 3. The minimum Gasteiger partial charge on any atom is -0.480 e. The van der Waals surface area contributed by atoms with Gasteiger partial charge in [-0.05, 0) is 24.0 Å². The molecule has 108 valence electrons. The summed E-state index contributed by atoms with van der Waals surface area (Å²) in [5.41, 5.74) is 1.90. The van der Waals surface area contributed by atoms with Crippen molar-refractivity contribution in [3.8, 4) is 0 Å². The molecule has 1 amide bonds. The predicted molar refractivity (Wildman–Crippen MR) is 73.2 cm³/mol. The highest BCUT2D eigenvalue weighted by molar-refractivity contribution is 5.83. The highest BCUT2D eigenvalue weighted by atomic mass is 16.5. The van der Waals surface area contributed by atoms with E-state index in [1.54, 1.807) is 7.11 Å². The van der Waals surface area contributed by atoms with E-state index in [-0.39, 0.29) is 24.9 Å². The van der Waals surface area contributed by atoms with E-state index in [1.165, 1.54) is 4.90 Å². The van der Waals surface area contributed by atoms with Crippen LogP contribution >= 0.6 is 0 Å². The maximum Gasteiger partial charge on any atom is 0.323 e. The van der Waals surface area contributed by atoms with Crippen molar-refractivity contribution in [1.29, 1.82) is 0 Å². The van der Waals surface area contributed by atoms with Crippen molar-refractivity contribution < 1.29 is 19.4 Å². The van der Waals surface area contributed by atoms with Crippen LogP contribution in [0.15, 0.2) is 24.3 Å². The van der Waals surface area contributed by atoms with Gasteiger partial charge in [0.25, 0.3) is 0 Å². The molecule has 20 heavy (non-hydrogen) atoms. The van der Waals surface area contributed by atoms with Crippen LogP contribution in [0.5, 0.6) is 0 Å². The van der Waals surface area contributed by atoms with Crippen LogP contribution in [0, 0.1) is 0 Å². The lowest BCUT2D eigenvalue weighted by molar-refractivity contribution is -0.144. The second-order valence-corrected chi connectivity index (χ2v) is 5.08. The molecule has 5 heteroatoms. The van der Waals surface area contributed by atoms with E-state index < -0.39 is 5.97 Å². The van der Waals surface area contributed by atoms with Gasteiger partial charge in [0.2, 0.25) is 5.91 Å². The van der Waals surface area contributed by atoms with E-state index in [2.05, 4.69) is 0 Å². The van der Waals surface area contributed by atoms with Gasteiger partial charge in [-0.1, -0.05) is 24.3 Å². The van der Waals surface area contributed by atoms with Crippen LogP contribution in [-0.4, -0.2) is 41.6 Å². The van der Waals surface area contributed by atoms with E-state index >= 15 is 0 Å². The molecular formula is C15H19NO4. The van der Waals surface area contributed by atoms with E-state index in [1.807, 2.05) is 24.3 Å². The van der Waals surface area contributed by atoms with Crippen molar-refractivity contribution in [3.05, 3.63) is 35.4 Å². The number of carbonyl (C=O) groups is 2. The van der Waals surface area contributed by atoms with Crippen molar-refractivity contribution in [3.63, 3.8) is 0 Å². The Kier molecular flexibility index (Phi) is 4.74. The number of methoxy groups -OCH3 is 1. The van der Waals surface area contributed by atoms with E-state index in [9.17, 15) is 9.59 Å². The maximum atomic E-state index is 12.2. The fraction of sp³-hybridized carbons (Fsp3) is 0.467. The molecule has 0 aliphatic heterocycles. The van der Waals surface area contributed by atoms with Gasteiger partial charge in [-0.25, -0.2) is 0 Å². The molecule has 0 unspecified atom stereocenters. The number of nitrogens with zero attached hydrogens (tertiary/aromatic N) is 1. The zero-order valence-corrected chi connectivity index (χ0v) is 11.5. The summed E-state index contributed by atoms with van der Waals surface area (Å²) >= 11 is 0. The number of carbonyl (C=O) groups excluding carboxylic acids is 1. The fourth-order valence-corrected chi connectivity index (χ4v) is 2.23. The Hall–Kier alpha value is -1.88. The van der Waals surface area contributed by atoms with Crippen LogP contribution in [0.2, 0.25) is 0 Å². The number of benzene rings is 1.